The summed E-state index contributed by atoms with van der Waals surface area (Å²) in [6.07, 6.45) is 1.37. The third-order valence-corrected chi connectivity index (χ3v) is 3.72. The van der Waals surface area contributed by atoms with Crippen LogP contribution in [0, 0.1) is 0 Å². The molecule has 7 heteroatoms. The van der Waals surface area contributed by atoms with Crippen molar-refractivity contribution in [2.75, 3.05) is 19.8 Å². The first kappa shape index (κ1) is 15.8. The van der Waals surface area contributed by atoms with Gasteiger partial charge in [0.25, 0.3) is 0 Å². The minimum atomic E-state index is -3.88. The molecule has 0 aliphatic rings. The van der Waals surface area contributed by atoms with Crippen molar-refractivity contribution in [2.45, 2.75) is 5.54 Å². The summed E-state index contributed by atoms with van der Waals surface area (Å²) in [4.78, 5) is 0. The van der Waals surface area contributed by atoms with Crippen LogP contribution in [0.5, 0.6) is 0 Å². The van der Waals surface area contributed by atoms with Gasteiger partial charge in [-0.05, 0) is 11.6 Å². The van der Waals surface area contributed by atoms with Crippen LogP contribution in [0.15, 0.2) is 35.7 Å². The second kappa shape index (κ2) is 6.78. The maximum absolute atomic E-state index is 11.8. The summed E-state index contributed by atoms with van der Waals surface area (Å²) in [5.41, 5.74) is -0.977. The highest BCUT2D eigenvalue weighted by molar-refractivity contribution is 7.92. The fraction of sp³-hybridized carbons (Fsp3) is 0.333. The SMILES string of the molecule is O=S(=O)(/C=C/c1ccccc1)NC(CO)(CO)CO. The van der Waals surface area contributed by atoms with E-state index >= 15 is 0 Å². The Morgan fingerprint density at radius 2 is 1.58 bits per heavy atom. The second-order valence-electron chi connectivity index (χ2n) is 4.12. The van der Waals surface area contributed by atoms with E-state index in [1.807, 2.05) is 0 Å². The molecule has 0 aliphatic carbocycles. The van der Waals surface area contributed by atoms with Gasteiger partial charge in [0.15, 0.2) is 0 Å². The molecule has 6 nitrogen and oxygen atoms in total. The van der Waals surface area contributed by atoms with Crippen LogP contribution in [-0.4, -0.2) is 49.1 Å². The minimum absolute atomic E-state index is 0.690. The normalized spacial score (nSPS) is 13.0. The van der Waals surface area contributed by atoms with E-state index in [2.05, 4.69) is 4.72 Å². The zero-order chi connectivity index (χ0) is 14.4. The van der Waals surface area contributed by atoms with Crippen LogP contribution in [0.1, 0.15) is 5.56 Å². The number of hydrogen-bond donors (Lipinski definition) is 4. The van der Waals surface area contributed by atoms with Crippen molar-refractivity contribution in [3.05, 3.63) is 41.3 Å². The predicted octanol–water partition coefficient (Wildman–Crippen LogP) is -0.708. The Labute approximate surface area is 112 Å². The van der Waals surface area contributed by atoms with Crippen molar-refractivity contribution < 1.29 is 23.7 Å². The molecule has 0 saturated heterocycles. The van der Waals surface area contributed by atoms with E-state index in [1.165, 1.54) is 6.08 Å². The van der Waals surface area contributed by atoms with Crippen molar-refractivity contribution in [2.24, 2.45) is 0 Å². The monoisotopic (exact) mass is 287 g/mol. The van der Waals surface area contributed by atoms with Gasteiger partial charge >= 0.3 is 0 Å². The second-order valence-corrected chi connectivity index (χ2v) is 5.68. The molecule has 0 fully saturated rings. The van der Waals surface area contributed by atoms with E-state index in [1.54, 1.807) is 30.3 Å². The number of aliphatic hydroxyl groups excluding tert-OH is 3. The molecule has 0 spiro atoms. The maximum Gasteiger partial charge on any atom is 0.234 e. The molecule has 0 saturated carbocycles. The molecule has 1 aromatic carbocycles. The lowest BCUT2D eigenvalue weighted by Crippen LogP contribution is -2.56. The molecule has 0 heterocycles. The molecule has 0 atom stereocenters. The molecule has 0 aromatic heterocycles. The zero-order valence-electron chi connectivity index (χ0n) is 10.2. The Kier molecular flexibility index (Phi) is 5.64. The molecule has 0 radical (unpaired) electrons. The van der Waals surface area contributed by atoms with E-state index in [-0.39, 0.29) is 0 Å². The molecule has 0 aliphatic heterocycles. The summed E-state index contributed by atoms with van der Waals surface area (Å²) < 4.78 is 25.6. The van der Waals surface area contributed by atoms with Gasteiger partial charge in [-0.3, -0.25) is 0 Å². The van der Waals surface area contributed by atoms with Crippen molar-refractivity contribution in [3.63, 3.8) is 0 Å². The average Bonchev–Trinajstić information content (AvgIpc) is 2.44. The Hall–Kier alpha value is -1.25. The first-order valence-corrected chi connectivity index (χ1v) is 7.11. The largest absolute Gasteiger partial charge is 0.394 e. The molecule has 0 amide bonds. The highest BCUT2D eigenvalue weighted by Gasteiger charge is 2.32. The van der Waals surface area contributed by atoms with Crippen LogP contribution < -0.4 is 4.72 Å². The molecular weight excluding hydrogens is 270 g/mol. The highest BCUT2D eigenvalue weighted by atomic mass is 32.2. The van der Waals surface area contributed by atoms with Gasteiger partial charge in [-0.25, -0.2) is 8.42 Å². The van der Waals surface area contributed by atoms with Crippen LogP contribution in [0.3, 0.4) is 0 Å². The minimum Gasteiger partial charge on any atom is -0.394 e. The molecular formula is C12H17NO5S. The Bertz CT molecular complexity index is 500. The van der Waals surface area contributed by atoms with Gasteiger partial charge in [0.05, 0.1) is 19.8 Å². The quantitative estimate of drug-likeness (QED) is 0.530. The highest BCUT2D eigenvalue weighted by Crippen LogP contribution is 2.07. The van der Waals surface area contributed by atoms with Crippen molar-refractivity contribution in [1.29, 1.82) is 0 Å². The van der Waals surface area contributed by atoms with Crippen LogP contribution in [0.25, 0.3) is 6.08 Å². The van der Waals surface area contributed by atoms with Crippen LogP contribution in [0.2, 0.25) is 0 Å². The Balaban J connectivity index is 2.85. The zero-order valence-corrected chi connectivity index (χ0v) is 11.0. The number of benzene rings is 1. The molecule has 4 N–H and O–H groups in total. The van der Waals surface area contributed by atoms with Gasteiger partial charge in [-0.15, -0.1) is 0 Å². The first-order chi connectivity index (χ1) is 8.97. The summed E-state index contributed by atoms with van der Waals surface area (Å²) >= 11 is 0. The lowest BCUT2D eigenvalue weighted by molar-refractivity contribution is 0.0584. The molecule has 1 aromatic rings. The maximum atomic E-state index is 11.8. The smallest absolute Gasteiger partial charge is 0.234 e. The van der Waals surface area contributed by atoms with Gasteiger partial charge in [-0.1, -0.05) is 30.3 Å². The summed E-state index contributed by atoms with van der Waals surface area (Å²) in [7, 11) is -3.88. The third kappa shape index (κ3) is 4.73. The number of nitrogens with one attached hydrogen (secondary N) is 1. The molecule has 0 bridgehead atoms. The number of sulfonamides is 1. The summed E-state index contributed by atoms with van der Waals surface area (Å²) in [5.74, 6) is 0. The summed E-state index contributed by atoms with van der Waals surface area (Å²) in [5, 5.41) is 28.1. The lowest BCUT2D eigenvalue weighted by atomic mass is 10.1. The number of aliphatic hydroxyl groups is 3. The molecule has 0 unspecified atom stereocenters. The summed E-state index contributed by atoms with van der Waals surface area (Å²) in [6.45, 7) is -2.13. The fourth-order valence-corrected chi connectivity index (χ4v) is 2.52. The van der Waals surface area contributed by atoms with Gasteiger partial charge in [0.2, 0.25) is 10.0 Å². The van der Waals surface area contributed by atoms with Gasteiger partial charge < -0.3 is 15.3 Å². The van der Waals surface area contributed by atoms with Crippen molar-refractivity contribution in [1.82, 2.24) is 4.72 Å². The third-order valence-electron chi connectivity index (χ3n) is 2.51. The topological polar surface area (TPSA) is 107 Å². The molecule has 1 rings (SSSR count). The number of rotatable bonds is 7. The van der Waals surface area contributed by atoms with E-state index in [0.717, 1.165) is 5.41 Å². The first-order valence-electron chi connectivity index (χ1n) is 5.57. The Morgan fingerprint density at radius 3 is 2.05 bits per heavy atom. The number of hydrogen-bond acceptors (Lipinski definition) is 5. The standard InChI is InChI=1S/C12H17NO5S/c14-8-12(9-15,10-16)13-19(17,18)7-6-11-4-2-1-3-5-11/h1-7,13-16H,8-10H2/b7-6+. The lowest BCUT2D eigenvalue weighted by Gasteiger charge is -2.27. The summed E-state index contributed by atoms with van der Waals surface area (Å²) in [6, 6.07) is 8.78. The van der Waals surface area contributed by atoms with E-state index in [9.17, 15) is 8.42 Å². The Morgan fingerprint density at radius 1 is 1.05 bits per heavy atom. The van der Waals surface area contributed by atoms with Gasteiger partial charge in [-0.2, -0.15) is 4.72 Å². The van der Waals surface area contributed by atoms with E-state index in [0.29, 0.717) is 5.56 Å². The van der Waals surface area contributed by atoms with Crippen molar-refractivity contribution in [3.8, 4) is 0 Å². The van der Waals surface area contributed by atoms with Crippen LogP contribution >= 0.6 is 0 Å². The van der Waals surface area contributed by atoms with Gasteiger partial charge in [0, 0.05) is 5.41 Å². The fourth-order valence-electron chi connectivity index (χ4n) is 1.31. The predicted molar refractivity (Wildman–Crippen MR) is 71.5 cm³/mol. The van der Waals surface area contributed by atoms with E-state index < -0.39 is 35.4 Å². The van der Waals surface area contributed by atoms with Crippen LogP contribution in [-0.2, 0) is 10.0 Å². The van der Waals surface area contributed by atoms with Gasteiger partial charge in [0.1, 0.15) is 5.54 Å². The van der Waals surface area contributed by atoms with Crippen molar-refractivity contribution >= 4 is 16.1 Å². The molecule has 19 heavy (non-hydrogen) atoms. The van der Waals surface area contributed by atoms with E-state index in [4.69, 9.17) is 15.3 Å². The van der Waals surface area contributed by atoms with Crippen LogP contribution in [0.4, 0.5) is 0 Å². The molecule has 106 valence electrons. The average molecular weight is 287 g/mol.